The summed E-state index contributed by atoms with van der Waals surface area (Å²) in [4.78, 5) is 22.7. The van der Waals surface area contributed by atoms with Crippen molar-refractivity contribution in [3.05, 3.63) is 28.4 Å². The van der Waals surface area contributed by atoms with Crippen LogP contribution in [0.3, 0.4) is 0 Å². The molecule has 102 valence electrons. The lowest BCUT2D eigenvalue weighted by atomic mass is 10.1. The van der Waals surface area contributed by atoms with Crippen LogP contribution in [0.15, 0.2) is 17.2 Å². The molecule has 0 unspecified atom stereocenters. The second kappa shape index (κ2) is 5.52. The second-order valence-corrected chi connectivity index (χ2v) is 5.15. The van der Waals surface area contributed by atoms with Crippen LogP contribution in [0.1, 0.15) is 37.8 Å². The van der Waals surface area contributed by atoms with E-state index in [2.05, 4.69) is 20.0 Å². The predicted molar refractivity (Wildman–Crippen MR) is 72.0 cm³/mol. The number of nitrogens with zero attached hydrogens (tertiary/aromatic N) is 4. The van der Waals surface area contributed by atoms with Crippen molar-refractivity contribution in [3.8, 4) is 0 Å². The second-order valence-electron chi connectivity index (χ2n) is 5.15. The van der Waals surface area contributed by atoms with Gasteiger partial charge in [-0.3, -0.25) is 14.8 Å². The average molecular weight is 261 g/mol. The highest BCUT2D eigenvalue weighted by molar-refractivity contribution is 5.25. The maximum atomic E-state index is 11.9. The van der Waals surface area contributed by atoms with Crippen LogP contribution in [0, 0.1) is 0 Å². The summed E-state index contributed by atoms with van der Waals surface area (Å²) < 4.78 is 1.36. The molecule has 2 aromatic heterocycles. The Labute approximate surface area is 111 Å². The van der Waals surface area contributed by atoms with E-state index < -0.39 is 0 Å². The van der Waals surface area contributed by atoms with Crippen LogP contribution in [0.25, 0.3) is 5.78 Å². The molecule has 0 bridgehead atoms. The van der Waals surface area contributed by atoms with E-state index >= 15 is 0 Å². The topological polar surface area (TPSA) is 66.3 Å². The van der Waals surface area contributed by atoms with Gasteiger partial charge in [0.25, 0.3) is 11.3 Å². The Kier molecular flexibility index (Phi) is 3.59. The Morgan fingerprint density at radius 2 is 1.89 bits per heavy atom. The Morgan fingerprint density at radius 1 is 1.16 bits per heavy atom. The Morgan fingerprint density at radius 3 is 2.68 bits per heavy atom. The van der Waals surface area contributed by atoms with Gasteiger partial charge in [-0.25, -0.2) is 9.97 Å². The smallest absolute Gasteiger partial charge is 0.274 e. The van der Waals surface area contributed by atoms with Crippen LogP contribution in [-0.2, 0) is 6.54 Å². The number of H-pyrrole nitrogens is 1. The molecule has 3 heterocycles. The molecule has 0 aliphatic carbocycles. The Bertz CT molecular complexity index is 594. The van der Waals surface area contributed by atoms with E-state index in [1.54, 1.807) is 6.07 Å². The number of aromatic nitrogens is 4. The van der Waals surface area contributed by atoms with Gasteiger partial charge in [0.1, 0.15) is 6.33 Å². The summed E-state index contributed by atoms with van der Waals surface area (Å²) in [7, 11) is 0. The van der Waals surface area contributed by atoms with Gasteiger partial charge < -0.3 is 0 Å². The molecule has 0 spiro atoms. The fourth-order valence-electron chi connectivity index (χ4n) is 2.65. The summed E-state index contributed by atoms with van der Waals surface area (Å²) in [5, 5.41) is 2.75. The van der Waals surface area contributed by atoms with Gasteiger partial charge in [-0.15, -0.1) is 0 Å². The lowest BCUT2D eigenvalue weighted by molar-refractivity contribution is 0.237. The highest BCUT2D eigenvalue weighted by atomic mass is 16.1. The molecule has 2 aromatic rings. The van der Waals surface area contributed by atoms with E-state index in [4.69, 9.17) is 0 Å². The van der Waals surface area contributed by atoms with Crippen LogP contribution in [0.5, 0.6) is 0 Å². The Balaban J connectivity index is 1.77. The van der Waals surface area contributed by atoms with Gasteiger partial charge in [0, 0.05) is 12.6 Å². The van der Waals surface area contributed by atoms with Crippen LogP contribution in [0.4, 0.5) is 0 Å². The van der Waals surface area contributed by atoms with E-state index in [0.717, 1.165) is 25.3 Å². The van der Waals surface area contributed by atoms with Gasteiger partial charge in [0.15, 0.2) is 0 Å². The third kappa shape index (κ3) is 2.84. The molecule has 6 nitrogen and oxygen atoms in total. The van der Waals surface area contributed by atoms with Crippen molar-refractivity contribution in [3.63, 3.8) is 0 Å². The summed E-state index contributed by atoms with van der Waals surface area (Å²) in [6.45, 7) is 2.95. The molecule has 1 aliphatic heterocycles. The quantitative estimate of drug-likeness (QED) is 0.881. The van der Waals surface area contributed by atoms with Gasteiger partial charge in [-0.05, 0) is 25.9 Å². The molecule has 3 rings (SSSR count). The number of rotatable bonds is 2. The predicted octanol–water partition coefficient (Wildman–Crippen LogP) is 1.18. The average Bonchev–Trinajstić information content (AvgIpc) is 2.81. The minimum Gasteiger partial charge on any atom is -0.298 e. The zero-order chi connectivity index (χ0) is 13.1. The molecule has 0 atom stereocenters. The van der Waals surface area contributed by atoms with Gasteiger partial charge in [-0.2, -0.15) is 4.52 Å². The van der Waals surface area contributed by atoms with Crippen molar-refractivity contribution in [2.24, 2.45) is 0 Å². The van der Waals surface area contributed by atoms with E-state index in [9.17, 15) is 4.79 Å². The van der Waals surface area contributed by atoms with Gasteiger partial charge in [0.2, 0.25) is 0 Å². The van der Waals surface area contributed by atoms with E-state index in [-0.39, 0.29) is 5.56 Å². The minimum absolute atomic E-state index is 0.0930. The maximum absolute atomic E-state index is 11.9. The van der Waals surface area contributed by atoms with Crippen molar-refractivity contribution in [1.82, 2.24) is 24.5 Å². The van der Waals surface area contributed by atoms with E-state index in [1.807, 2.05) is 0 Å². The number of fused-ring (bicyclic) bond motifs is 1. The molecular weight excluding hydrogens is 242 g/mol. The Hall–Kier alpha value is -1.69. The van der Waals surface area contributed by atoms with Gasteiger partial charge >= 0.3 is 0 Å². The third-order valence-electron chi connectivity index (χ3n) is 3.66. The summed E-state index contributed by atoms with van der Waals surface area (Å²) in [6, 6.07) is 1.60. The first kappa shape index (κ1) is 12.3. The molecule has 0 radical (unpaired) electrons. The molecule has 0 saturated carbocycles. The molecule has 1 fully saturated rings. The number of nitrogens with one attached hydrogen (secondary N) is 1. The van der Waals surface area contributed by atoms with Crippen molar-refractivity contribution in [2.75, 3.05) is 13.1 Å². The van der Waals surface area contributed by atoms with E-state index in [1.165, 1.54) is 42.9 Å². The molecule has 19 heavy (non-hydrogen) atoms. The first-order valence-electron chi connectivity index (χ1n) is 6.97. The summed E-state index contributed by atoms with van der Waals surface area (Å²) >= 11 is 0. The maximum Gasteiger partial charge on any atom is 0.274 e. The van der Waals surface area contributed by atoms with Gasteiger partial charge in [-0.1, -0.05) is 19.3 Å². The summed E-state index contributed by atoms with van der Waals surface area (Å²) in [6.07, 6.45) is 7.94. The third-order valence-corrected chi connectivity index (χ3v) is 3.66. The SMILES string of the molecule is O=c1cc(CN2CCCCCCC2)nc2nc[nH]n12. The zero-order valence-electron chi connectivity index (χ0n) is 11.0. The largest absolute Gasteiger partial charge is 0.298 e. The van der Waals surface area contributed by atoms with Crippen LogP contribution >= 0.6 is 0 Å². The minimum atomic E-state index is -0.0930. The molecule has 1 aliphatic rings. The molecule has 6 heteroatoms. The van der Waals surface area contributed by atoms with Gasteiger partial charge in [0.05, 0.1) is 5.69 Å². The lowest BCUT2D eigenvalue weighted by Crippen LogP contribution is -2.28. The standard InChI is InChI=1S/C13H19N5O/c19-12-8-11(16-13-14-10-15-18(12)13)9-17-6-4-2-1-3-5-7-17/h8,10H,1-7,9H2,(H,14,15,16). The van der Waals surface area contributed by atoms with Crippen LogP contribution in [0.2, 0.25) is 0 Å². The van der Waals surface area contributed by atoms with Crippen molar-refractivity contribution >= 4 is 5.78 Å². The first-order chi connectivity index (χ1) is 9.33. The molecule has 1 N–H and O–H groups in total. The lowest BCUT2D eigenvalue weighted by Gasteiger charge is -2.23. The number of likely N-dealkylation sites (tertiary alicyclic amines) is 1. The number of hydrogen-bond acceptors (Lipinski definition) is 4. The highest BCUT2D eigenvalue weighted by Gasteiger charge is 2.11. The monoisotopic (exact) mass is 261 g/mol. The summed E-state index contributed by atoms with van der Waals surface area (Å²) in [5.74, 6) is 0.453. The zero-order valence-corrected chi connectivity index (χ0v) is 11.0. The van der Waals surface area contributed by atoms with E-state index in [0.29, 0.717) is 5.78 Å². The number of hydrogen-bond donors (Lipinski definition) is 1. The highest BCUT2D eigenvalue weighted by Crippen LogP contribution is 2.12. The van der Waals surface area contributed by atoms with Crippen LogP contribution in [-0.4, -0.2) is 37.6 Å². The fraction of sp³-hybridized carbons (Fsp3) is 0.615. The van der Waals surface area contributed by atoms with Crippen molar-refractivity contribution < 1.29 is 0 Å². The first-order valence-corrected chi connectivity index (χ1v) is 6.97. The summed E-state index contributed by atoms with van der Waals surface area (Å²) in [5.41, 5.74) is 0.724. The molecule has 0 aromatic carbocycles. The number of aromatic amines is 1. The van der Waals surface area contributed by atoms with Crippen LogP contribution < -0.4 is 5.56 Å². The molecule has 0 amide bonds. The normalized spacial score (nSPS) is 18.3. The molecule has 1 saturated heterocycles. The molecular formula is C13H19N5O. The van der Waals surface area contributed by atoms with Crippen molar-refractivity contribution in [2.45, 2.75) is 38.6 Å². The van der Waals surface area contributed by atoms with Crippen molar-refractivity contribution in [1.29, 1.82) is 0 Å². The fourth-order valence-corrected chi connectivity index (χ4v) is 2.65.